The third-order valence-corrected chi connectivity index (χ3v) is 4.70. The van der Waals surface area contributed by atoms with Crippen molar-refractivity contribution in [2.45, 2.75) is 12.7 Å². The van der Waals surface area contributed by atoms with Crippen LogP contribution in [0.3, 0.4) is 0 Å². The summed E-state index contributed by atoms with van der Waals surface area (Å²) in [5.41, 5.74) is 1.79. The van der Waals surface area contributed by atoms with Gasteiger partial charge >= 0.3 is 5.97 Å². The number of ether oxygens (including phenoxy) is 1. The molecule has 0 saturated heterocycles. The molecule has 132 valence electrons. The molecular formula is C18H17Cl2NO3S. The molecular weight excluding hydrogens is 381 g/mol. The Labute approximate surface area is 160 Å². The van der Waals surface area contributed by atoms with Gasteiger partial charge in [0.25, 0.3) is 0 Å². The SMILES string of the molecule is CCOC(=O)c1cc(NC(=O)CSCc2cccc(Cl)c2)ccc1Cl. The van der Waals surface area contributed by atoms with Gasteiger partial charge < -0.3 is 10.1 Å². The molecule has 0 radical (unpaired) electrons. The fraction of sp³-hybridized carbons (Fsp3) is 0.222. The van der Waals surface area contributed by atoms with Crippen molar-refractivity contribution in [3.05, 3.63) is 63.6 Å². The van der Waals surface area contributed by atoms with Gasteiger partial charge in [0.05, 0.1) is 22.9 Å². The molecule has 2 aromatic rings. The number of hydrogen-bond donors (Lipinski definition) is 1. The summed E-state index contributed by atoms with van der Waals surface area (Å²) in [7, 11) is 0. The Morgan fingerprint density at radius 3 is 2.68 bits per heavy atom. The van der Waals surface area contributed by atoms with E-state index < -0.39 is 5.97 Å². The number of carbonyl (C=O) groups excluding carboxylic acids is 2. The van der Waals surface area contributed by atoms with E-state index in [0.717, 1.165) is 5.56 Å². The van der Waals surface area contributed by atoms with E-state index in [1.54, 1.807) is 19.1 Å². The van der Waals surface area contributed by atoms with Crippen molar-refractivity contribution < 1.29 is 14.3 Å². The maximum atomic E-state index is 12.1. The molecule has 0 fully saturated rings. The van der Waals surface area contributed by atoms with Crippen LogP contribution in [0.2, 0.25) is 10.0 Å². The highest BCUT2D eigenvalue weighted by Crippen LogP contribution is 2.22. The first-order chi connectivity index (χ1) is 12.0. The maximum Gasteiger partial charge on any atom is 0.339 e. The maximum absolute atomic E-state index is 12.1. The quantitative estimate of drug-likeness (QED) is 0.664. The molecule has 7 heteroatoms. The highest BCUT2D eigenvalue weighted by molar-refractivity contribution is 7.99. The van der Waals surface area contributed by atoms with Gasteiger partial charge in [-0.15, -0.1) is 11.8 Å². The minimum atomic E-state index is -0.515. The molecule has 2 rings (SSSR count). The molecule has 0 spiro atoms. The molecule has 0 saturated carbocycles. The van der Waals surface area contributed by atoms with Gasteiger partial charge in [-0.05, 0) is 42.8 Å². The Bertz CT molecular complexity index is 768. The first-order valence-electron chi connectivity index (χ1n) is 7.58. The molecule has 0 aliphatic carbocycles. The van der Waals surface area contributed by atoms with E-state index >= 15 is 0 Å². The molecule has 1 amide bonds. The predicted molar refractivity (Wildman–Crippen MR) is 104 cm³/mol. The first-order valence-corrected chi connectivity index (χ1v) is 9.49. The fourth-order valence-corrected chi connectivity index (χ4v) is 3.24. The molecule has 2 aromatic carbocycles. The van der Waals surface area contributed by atoms with Crippen molar-refractivity contribution in [2.24, 2.45) is 0 Å². The number of anilines is 1. The van der Waals surface area contributed by atoms with E-state index in [9.17, 15) is 9.59 Å². The lowest BCUT2D eigenvalue weighted by Crippen LogP contribution is -2.15. The average Bonchev–Trinajstić information content (AvgIpc) is 2.57. The molecule has 0 aliphatic rings. The largest absolute Gasteiger partial charge is 0.462 e. The summed E-state index contributed by atoms with van der Waals surface area (Å²) >= 11 is 13.4. The zero-order chi connectivity index (χ0) is 18.2. The number of benzene rings is 2. The monoisotopic (exact) mass is 397 g/mol. The van der Waals surface area contributed by atoms with Crippen molar-refractivity contribution in [3.63, 3.8) is 0 Å². The molecule has 25 heavy (non-hydrogen) atoms. The van der Waals surface area contributed by atoms with Crippen LogP contribution in [0.15, 0.2) is 42.5 Å². The first kappa shape index (κ1) is 19.6. The molecule has 4 nitrogen and oxygen atoms in total. The van der Waals surface area contributed by atoms with Crippen LogP contribution in [0, 0.1) is 0 Å². The normalized spacial score (nSPS) is 10.4. The number of carbonyl (C=O) groups is 2. The molecule has 0 heterocycles. The van der Waals surface area contributed by atoms with Gasteiger partial charge in [0.15, 0.2) is 0 Å². The van der Waals surface area contributed by atoms with Gasteiger partial charge in [0, 0.05) is 16.5 Å². The van der Waals surface area contributed by atoms with Crippen molar-refractivity contribution in [1.82, 2.24) is 0 Å². The third kappa shape index (κ3) is 6.27. The van der Waals surface area contributed by atoms with E-state index in [1.807, 2.05) is 24.3 Å². The Morgan fingerprint density at radius 1 is 1.16 bits per heavy atom. The van der Waals surface area contributed by atoms with Crippen molar-refractivity contribution in [2.75, 3.05) is 17.7 Å². The zero-order valence-corrected chi connectivity index (χ0v) is 15.9. The van der Waals surface area contributed by atoms with Gasteiger partial charge in [-0.3, -0.25) is 4.79 Å². The molecule has 0 unspecified atom stereocenters. The van der Waals surface area contributed by atoms with E-state index in [0.29, 0.717) is 16.5 Å². The van der Waals surface area contributed by atoms with Gasteiger partial charge in [-0.2, -0.15) is 0 Å². The number of rotatable bonds is 7. The van der Waals surface area contributed by atoms with Gasteiger partial charge in [0.1, 0.15) is 0 Å². The fourth-order valence-electron chi connectivity index (χ4n) is 2.05. The number of esters is 1. The topological polar surface area (TPSA) is 55.4 Å². The van der Waals surface area contributed by atoms with Crippen LogP contribution >= 0.6 is 35.0 Å². The Hall–Kier alpha value is -1.69. The van der Waals surface area contributed by atoms with Crippen LogP contribution in [0.25, 0.3) is 0 Å². The van der Waals surface area contributed by atoms with Crippen LogP contribution in [-0.2, 0) is 15.3 Å². The van der Waals surface area contributed by atoms with Gasteiger partial charge in [-0.25, -0.2) is 4.79 Å². The molecule has 0 aliphatic heterocycles. The van der Waals surface area contributed by atoms with Crippen molar-refractivity contribution in [1.29, 1.82) is 0 Å². The van der Waals surface area contributed by atoms with Crippen LogP contribution in [0.4, 0.5) is 5.69 Å². The second kappa shape index (κ2) is 9.70. The summed E-state index contributed by atoms with van der Waals surface area (Å²) in [6.07, 6.45) is 0. The van der Waals surface area contributed by atoms with Crippen LogP contribution in [0.1, 0.15) is 22.8 Å². The lowest BCUT2D eigenvalue weighted by molar-refractivity contribution is -0.113. The number of hydrogen-bond acceptors (Lipinski definition) is 4. The average molecular weight is 398 g/mol. The Balaban J connectivity index is 1.89. The smallest absolute Gasteiger partial charge is 0.339 e. The highest BCUT2D eigenvalue weighted by atomic mass is 35.5. The van der Waals surface area contributed by atoms with E-state index in [1.165, 1.54) is 17.8 Å². The van der Waals surface area contributed by atoms with Gasteiger partial charge in [0.2, 0.25) is 5.91 Å². The van der Waals surface area contributed by atoms with E-state index in [4.69, 9.17) is 27.9 Å². The summed E-state index contributed by atoms with van der Waals surface area (Å²) in [5, 5.41) is 3.71. The highest BCUT2D eigenvalue weighted by Gasteiger charge is 2.13. The lowest BCUT2D eigenvalue weighted by Gasteiger charge is -2.09. The number of halogens is 2. The predicted octanol–water partition coefficient (Wildman–Crippen LogP) is 5.04. The van der Waals surface area contributed by atoms with Crippen LogP contribution < -0.4 is 5.32 Å². The minimum Gasteiger partial charge on any atom is -0.462 e. The summed E-state index contributed by atoms with van der Waals surface area (Å²) < 4.78 is 4.94. The summed E-state index contributed by atoms with van der Waals surface area (Å²) in [5.74, 6) is 0.287. The zero-order valence-electron chi connectivity index (χ0n) is 13.6. The Morgan fingerprint density at radius 2 is 1.96 bits per heavy atom. The van der Waals surface area contributed by atoms with Gasteiger partial charge in [-0.1, -0.05) is 35.3 Å². The standard InChI is InChI=1S/C18H17Cl2NO3S/c1-2-24-18(23)15-9-14(6-7-16(15)20)21-17(22)11-25-10-12-4-3-5-13(19)8-12/h3-9H,2,10-11H2,1H3,(H,21,22). The van der Waals surface area contributed by atoms with Crippen LogP contribution in [0.5, 0.6) is 0 Å². The third-order valence-electron chi connectivity index (χ3n) is 3.14. The number of thioether (sulfide) groups is 1. The summed E-state index contributed by atoms with van der Waals surface area (Å²) in [6, 6.07) is 12.2. The Kier molecular flexibility index (Phi) is 7.62. The molecule has 0 atom stereocenters. The van der Waals surface area contributed by atoms with Crippen LogP contribution in [-0.4, -0.2) is 24.2 Å². The van der Waals surface area contributed by atoms with E-state index in [-0.39, 0.29) is 28.9 Å². The van der Waals surface area contributed by atoms with Crippen molar-refractivity contribution >= 4 is 52.5 Å². The molecule has 1 N–H and O–H groups in total. The lowest BCUT2D eigenvalue weighted by atomic mass is 10.2. The second-order valence-corrected chi connectivity index (χ2v) is 6.92. The minimum absolute atomic E-state index is 0.163. The van der Waals surface area contributed by atoms with Crippen molar-refractivity contribution in [3.8, 4) is 0 Å². The summed E-state index contributed by atoms with van der Waals surface area (Å²) in [4.78, 5) is 23.9. The second-order valence-electron chi connectivity index (χ2n) is 5.09. The van der Waals surface area contributed by atoms with E-state index in [2.05, 4.69) is 5.32 Å². The number of amides is 1. The molecule has 0 aromatic heterocycles. The summed E-state index contributed by atoms with van der Waals surface area (Å²) in [6.45, 7) is 1.97. The number of nitrogens with one attached hydrogen (secondary N) is 1. The molecule has 0 bridgehead atoms.